The lowest BCUT2D eigenvalue weighted by Gasteiger charge is -2.41. The fourth-order valence-corrected chi connectivity index (χ4v) is 7.23. The second kappa shape index (κ2) is 9.97. The molecule has 2 N–H and O–H groups in total. The number of quaternary nitrogens is 1. The summed E-state index contributed by atoms with van der Waals surface area (Å²) in [5.41, 5.74) is 2.48. The van der Waals surface area contributed by atoms with Crippen LogP contribution in [-0.4, -0.2) is 36.4 Å². The largest absolute Gasteiger partial charge is 0.385 e. The summed E-state index contributed by atoms with van der Waals surface area (Å²) in [5, 5.41) is 11.4. The van der Waals surface area contributed by atoms with E-state index in [1.165, 1.54) is 85.4 Å². The van der Waals surface area contributed by atoms with Gasteiger partial charge in [0.15, 0.2) is 0 Å². The van der Waals surface area contributed by atoms with Crippen LogP contribution >= 0.6 is 11.8 Å². The number of aliphatic hydroxyl groups excluding tert-OH is 1. The van der Waals surface area contributed by atoms with Gasteiger partial charge in [-0.2, -0.15) is 0 Å². The second-order valence-electron chi connectivity index (χ2n) is 9.75. The molecule has 3 nitrogen and oxygen atoms in total. The van der Waals surface area contributed by atoms with Gasteiger partial charge in [-0.1, -0.05) is 48.9 Å². The minimum Gasteiger partial charge on any atom is -0.385 e. The molecule has 5 rings (SSSR count). The molecule has 0 unspecified atom stereocenters. The fourth-order valence-electron chi connectivity index (χ4n) is 6.14. The number of benzene rings is 2. The smallest absolute Gasteiger partial charge is 0.121 e. The summed E-state index contributed by atoms with van der Waals surface area (Å²) in [6.07, 6.45) is 13.4. The van der Waals surface area contributed by atoms with Gasteiger partial charge in [-0.25, -0.2) is 0 Å². The van der Waals surface area contributed by atoms with Crippen molar-refractivity contribution < 1.29 is 10.0 Å². The first kappa shape index (κ1) is 21.4. The van der Waals surface area contributed by atoms with Crippen molar-refractivity contribution in [3.8, 4) is 0 Å². The van der Waals surface area contributed by atoms with E-state index in [9.17, 15) is 5.11 Å². The van der Waals surface area contributed by atoms with Gasteiger partial charge in [0.05, 0.1) is 30.0 Å². The van der Waals surface area contributed by atoms with Crippen LogP contribution in [-0.2, 0) is 0 Å². The average Bonchev–Trinajstić information content (AvgIpc) is 2.83. The normalized spacial score (nSPS) is 21.0. The van der Waals surface area contributed by atoms with E-state index in [2.05, 4.69) is 53.4 Å². The van der Waals surface area contributed by atoms with Crippen molar-refractivity contribution in [1.82, 2.24) is 0 Å². The zero-order valence-electron chi connectivity index (χ0n) is 18.6. The van der Waals surface area contributed by atoms with Gasteiger partial charge in [0.1, 0.15) is 12.6 Å². The first-order valence-electron chi connectivity index (χ1n) is 12.5. The van der Waals surface area contributed by atoms with E-state index in [1.807, 2.05) is 11.8 Å². The summed E-state index contributed by atoms with van der Waals surface area (Å²) < 4.78 is 0. The first-order chi connectivity index (χ1) is 15.3. The maximum atomic E-state index is 11.4. The molecule has 2 fully saturated rings. The zero-order valence-corrected chi connectivity index (χ0v) is 19.5. The summed E-state index contributed by atoms with van der Waals surface area (Å²) in [4.78, 5) is 6.67. The van der Waals surface area contributed by atoms with Crippen LogP contribution in [0.5, 0.6) is 0 Å². The standard InChI is InChI=1S/C27H36N2OS/c30-23(19-28(21-11-3-1-4-12-21)22-13-5-2-6-14-22)20-29-24-15-7-9-17-26(24)31-27-18-10-8-16-25(27)29/h7-10,15-18,21-23,30H,1-6,11-14,19-20H2/p+1/t23-/m1/s1. The van der Waals surface area contributed by atoms with Crippen LogP contribution in [0.4, 0.5) is 11.4 Å². The molecule has 0 radical (unpaired) electrons. The van der Waals surface area contributed by atoms with Crippen LogP contribution in [0.2, 0.25) is 0 Å². The summed E-state index contributed by atoms with van der Waals surface area (Å²) in [6, 6.07) is 18.8. The van der Waals surface area contributed by atoms with Crippen molar-refractivity contribution >= 4 is 23.1 Å². The topological polar surface area (TPSA) is 27.9 Å². The van der Waals surface area contributed by atoms with Gasteiger partial charge in [0.2, 0.25) is 0 Å². The van der Waals surface area contributed by atoms with Crippen molar-refractivity contribution in [2.75, 3.05) is 18.0 Å². The van der Waals surface area contributed by atoms with Crippen LogP contribution in [0, 0.1) is 0 Å². The van der Waals surface area contributed by atoms with Crippen molar-refractivity contribution in [3.63, 3.8) is 0 Å². The number of hydrogen-bond donors (Lipinski definition) is 2. The van der Waals surface area contributed by atoms with Gasteiger partial charge in [-0.3, -0.25) is 0 Å². The van der Waals surface area contributed by atoms with E-state index in [1.54, 1.807) is 4.90 Å². The highest BCUT2D eigenvalue weighted by molar-refractivity contribution is 7.99. The molecule has 1 atom stereocenters. The van der Waals surface area contributed by atoms with E-state index in [0.29, 0.717) is 6.54 Å². The zero-order chi connectivity index (χ0) is 21.0. The highest BCUT2D eigenvalue weighted by Crippen LogP contribution is 2.47. The van der Waals surface area contributed by atoms with Gasteiger partial charge in [0.25, 0.3) is 0 Å². The Bertz CT molecular complexity index is 796. The Labute approximate surface area is 191 Å². The van der Waals surface area contributed by atoms with Crippen LogP contribution in [0.3, 0.4) is 0 Å². The molecule has 2 aromatic carbocycles. The van der Waals surface area contributed by atoms with Crippen molar-refractivity contribution in [2.45, 2.75) is 92.2 Å². The van der Waals surface area contributed by atoms with Crippen molar-refractivity contribution in [3.05, 3.63) is 48.5 Å². The molecule has 0 aromatic heterocycles. The van der Waals surface area contributed by atoms with Gasteiger partial charge in [-0.15, -0.1) is 0 Å². The highest BCUT2D eigenvalue weighted by Gasteiger charge is 2.35. The Morgan fingerprint density at radius 3 is 1.77 bits per heavy atom. The molecule has 4 heteroatoms. The number of nitrogens with one attached hydrogen (secondary N) is 1. The molecule has 2 saturated carbocycles. The second-order valence-corrected chi connectivity index (χ2v) is 10.8. The number of β-amino-alcohol motifs (C(OH)–C–C–N with tert-alkyl or cyclic N) is 1. The Hall–Kier alpha value is -1.49. The van der Waals surface area contributed by atoms with Crippen molar-refractivity contribution in [2.24, 2.45) is 0 Å². The van der Waals surface area contributed by atoms with E-state index in [4.69, 9.17) is 0 Å². The molecule has 3 aliphatic rings. The van der Waals surface area contributed by atoms with E-state index >= 15 is 0 Å². The van der Waals surface area contributed by atoms with E-state index in [0.717, 1.165) is 18.6 Å². The SMILES string of the molecule is O[C@@H](CN1c2ccccc2Sc2ccccc21)C[NH+](C1CCCCC1)C1CCCCC1. The summed E-state index contributed by atoms with van der Waals surface area (Å²) >= 11 is 1.84. The molecule has 2 aliphatic carbocycles. The van der Waals surface area contributed by atoms with E-state index in [-0.39, 0.29) is 6.10 Å². The van der Waals surface area contributed by atoms with Crippen molar-refractivity contribution in [1.29, 1.82) is 0 Å². The highest BCUT2D eigenvalue weighted by atomic mass is 32.2. The summed E-state index contributed by atoms with van der Waals surface area (Å²) in [6.45, 7) is 1.57. The third-order valence-corrected chi connectivity index (χ3v) is 8.79. The Morgan fingerprint density at radius 1 is 0.774 bits per heavy atom. The lowest BCUT2D eigenvalue weighted by molar-refractivity contribution is -0.954. The minimum absolute atomic E-state index is 0.317. The lowest BCUT2D eigenvalue weighted by Crippen LogP contribution is -3.20. The molecule has 0 amide bonds. The van der Waals surface area contributed by atoms with Crippen LogP contribution in [0.25, 0.3) is 0 Å². The van der Waals surface area contributed by atoms with Gasteiger partial charge in [-0.05, 0) is 75.6 Å². The Balaban J connectivity index is 1.35. The molecule has 2 aromatic rings. The maximum Gasteiger partial charge on any atom is 0.121 e. The van der Waals surface area contributed by atoms with Crippen LogP contribution < -0.4 is 9.80 Å². The Kier molecular flexibility index (Phi) is 6.87. The van der Waals surface area contributed by atoms with Crippen LogP contribution in [0.1, 0.15) is 64.2 Å². The first-order valence-corrected chi connectivity index (χ1v) is 13.3. The number of fused-ring (bicyclic) bond motifs is 2. The molecule has 31 heavy (non-hydrogen) atoms. The number of anilines is 2. The maximum absolute atomic E-state index is 11.4. The average molecular weight is 438 g/mol. The molecular formula is C27H37N2OS+. The van der Waals surface area contributed by atoms with Gasteiger partial charge < -0.3 is 14.9 Å². The molecule has 0 spiro atoms. The van der Waals surface area contributed by atoms with Gasteiger partial charge >= 0.3 is 0 Å². The third kappa shape index (κ3) is 4.81. The molecule has 0 saturated heterocycles. The fraction of sp³-hybridized carbons (Fsp3) is 0.556. The van der Waals surface area contributed by atoms with Crippen LogP contribution in [0.15, 0.2) is 58.3 Å². The predicted octanol–water partition coefficient (Wildman–Crippen LogP) is 5.20. The minimum atomic E-state index is -0.317. The molecule has 1 heterocycles. The molecule has 0 bridgehead atoms. The van der Waals surface area contributed by atoms with Gasteiger partial charge in [0, 0.05) is 9.79 Å². The molecule has 166 valence electrons. The summed E-state index contributed by atoms with van der Waals surface area (Å²) in [5.74, 6) is 0. The number of rotatable bonds is 6. The molecule has 1 aliphatic heterocycles. The monoisotopic (exact) mass is 437 g/mol. The predicted molar refractivity (Wildman–Crippen MR) is 130 cm³/mol. The number of aliphatic hydroxyl groups is 1. The number of nitrogens with zero attached hydrogens (tertiary/aromatic N) is 1. The Morgan fingerprint density at radius 2 is 1.26 bits per heavy atom. The quantitative estimate of drug-likeness (QED) is 0.650. The summed E-state index contributed by atoms with van der Waals surface area (Å²) in [7, 11) is 0. The number of para-hydroxylation sites is 2. The number of hydrogen-bond acceptors (Lipinski definition) is 3. The third-order valence-electron chi connectivity index (χ3n) is 7.66. The molecular weight excluding hydrogens is 400 g/mol. The lowest BCUT2D eigenvalue weighted by atomic mass is 9.88. The van der Waals surface area contributed by atoms with E-state index < -0.39 is 0 Å².